The molecular weight excluding hydrogens is 446 g/mol. The van der Waals surface area contributed by atoms with Gasteiger partial charge in [0.25, 0.3) is 0 Å². The van der Waals surface area contributed by atoms with Crippen molar-refractivity contribution < 1.29 is 19.4 Å². The van der Waals surface area contributed by atoms with Gasteiger partial charge in [-0.25, -0.2) is 9.78 Å². The molecule has 1 aromatic heterocycles. The summed E-state index contributed by atoms with van der Waals surface area (Å²) in [6.07, 6.45) is 16.6. The Bertz CT molecular complexity index is 957. The van der Waals surface area contributed by atoms with Crippen molar-refractivity contribution in [3.63, 3.8) is 0 Å². The first-order chi connectivity index (χ1) is 16.3. The maximum absolute atomic E-state index is 12.6. The second-order valence-electron chi connectivity index (χ2n) is 9.43. The summed E-state index contributed by atoms with van der Waals surface area (Å²) >= 11 is 1.58. The maximum Gasteiger partial charge on any atom is 0.331 e. The maximum atomic E-state index is 12.6. The number of hydrogen-bond donors (Lipinski definition) is 1. The highest BCUT2D eigenvalue weighted by Gasteiger charge is 2.21. The van der Waals surface area contributed by atoms with Crippen LogP contribution in [-0.4, -0.2) is 40.5 Å². The van der Waals surface area contributed by atoms with E-state index in [-0.39, 0.29) is 18.2 Å². The third-order valence-electron chi connectivity index (χ3n) is 6.03. The largest absolute Gasteiger partial charge is 0.454 e. The number of thiazole rings is 1. The van der Waals surface area contributed by atoms with Gasteiger partial charge in [0.1, 0.15) is 6.10 Å². The third-order valence-corrected chi connectivity index (χ3v) is 6.82. The average molecular weight is 484 g/mol. The van der Waals surface area contributed by atoms with Gasteiger partial charge >= 0.3 is 5.97 Å². The highest BCUT2D eigenvalue weighted by Crippen LogP contribution is 2.26. The summed E-state index contributed by atoms with van der Waals surface area (Å²) in [5, 5.41) is 13.5. The van der Waals surface area contributed by atoms with Crippen LogP contribution in [0.25, 0.3) is 6.08 Å². The van der Waals surface area contributed by atoms with Gasteiger partial charge in [0, 0.05) is 17.9 Å². The monoisotopic (exact) mass is 483 g/mol. The van der Waals surface area contributed by atoms with Crippen molar-refractivity contribution in [3.8, 4) is 0 Å². The predicted molar refractivity (Wildman–Crippen MR) is 138 cm³/mol. The van der Waals surface area contributed by atoms with Crippen LogP contribution in [0.1, 0.15) is 63.1 Å². The number of aliphatic hydroxyl groups excluding tert-OH is 1. The molecule has 6 heteroatoms. The first kappa shape index (κ1) is 26.3. The molecule has 3 rings (SSSR count). The zero-order valence-corrected chi connectivity index (χ0v) is 21.3. The molecule has 5 atom stereocenters. The number of rotatable bonds is 2. The summed E-state index contributed by atoms with van der Waals surface area (Å²) < 4.78 is 12.0. The average Bonchev–Trinajstić information content (AvgIpc) is 3.16. The zero-order chi connectivity index (χ0) is 24.5. The van der Waals surface area contributed by atoms with E-state index in [2.05, 4.69) is 30.6 Å². The molecule has 0 aromatic carbocycles. The van der Waals surface area contributed by atoms with Crippen LogP contribution in [0.4, 0.5) is 0 Å². The molecule has 0 spiro atoms. The molecule has 2 bridgehead atoms. The van der Waals surface area contributed by atoms with Crippen molar-refractivity contribution in [1.29, 1.82) is 0 Å². The molecule has 184 valence electrons. The Hall–Kier alpha value is -2.28. The lowest BCUT2D eigenvalue weighted by Crippen LogP contribution is -2.25. The fourth-order valence-corrected chi connectivity index (χ4v) is 5.00. The number of fused-ring (bicyclic) bond motifs is 2. The van der Waals surface area contributed by atoms with E-state index < -0.39 is 12.2 Å². The molecule has 1 N–H and O–H groups in total. The van der Waals surface area contributed by atoms with Crippen LogP contribution in [0.3, 0.4) is 0 Å². The summed E-state index contributed by atoms with van der Waals surface area (Å²) in [4.78, 5) is 17.1. The van der Waals surface area contributed by atoms with E-state index in [4.69, 9.17) is 9.47 Å². The van der Waals surface area contributed by atoms with Gasteiger partial charge in [-0.05, 0) is 63.5 Å². The van der Waals surface area contributed by atoms with Crippen molar-refractivity contribution in [3.05, 3.63) is 70.3 Å². The number of carbonyl (C=O) groups is 1. The van der Waals surface area contributed by atoms with Crippen molar-refractivity contribution in [1.82, 2.24) is 4.98 Å². The number of ether oxygens (including phenoxy) is 2. The van der Waals surface area contributed by atoms with Gasteiger partial charge in [-0.3, -0.25) is 0 Å². The van der Waals surface area contributed by atoms with E-state index in [1.54, 1.807) is 17.4 Å². The molecule has 0 radical (unpaired) electrons. The molecular formula is C28H37NO4S. The van der Waals surface area contributed by atoms with Crippen molar-refractivity contribution in [2.24, 2.45) is 5.92 Å². The van der Waals surface area contributed by atoms with Crippen molar-refractivity contribution >= 4 is 23.4 Å². The summed E-state index contributed by atoms with van der Waals surface area (Å²) in [6.45, 7) is 10.3. The van der Waals surface area contributed by atoms with Crippen LogP contribution in [0.5, 0.6) is 0 Å². The SMILES string of the molecule is C=C1C[C@H](C)C[C@@H]2CC=C[C@@H](C/C=C\C(=O)O[C@H](/C(C)=C/c3csc(C)n3)C/C=C/[C@@H](O)C1)O2. The van der Waals surface area contributed by atoms with Gasteiger partial charge in [-0.1, -0.05) is 49.5 Å². The van der Waals surface area contributed by atoms with Gasteiger partial charge < -0.3 is 14.6 Å². The third kappa shape index (κ3) is 8.82. The Balaban J connectivity index is 1.76. The van der Waals surface area contributed by atoms with E-state index in [9.17, 15) is 9.90 Å². The summed E-state index contributed by atoms with van der Waals surface area (Å²) in [7, 11) is 0. The number of hydrogen-bond acceptors (Lipinski definition) is 6. The molecule has 2 aliphatic rings. The van der Waals surface area contributed by atoms with Crippen LogP contribution < -0.4 is 0 Å². The number of nitrogens with zero attached hydrogens (tertiary/aromatic N) is 1. The second-order valence-corrected chi connectivity index (χ2v) is 10.5. The molecule has 1 aromatic rings. The molecule has 0 unspecified atom stereocenters. The smallest absolute Gasteiger partial charge is 0.331 e. The molecule has 0 aliphatic carbocycles. The lowest BCUT2D eigenvalue weighted by molar-refractivity contribution is -0.141. The Kier molecular flexibility index (Phi) is 10.1. The number of carbonyl (C=O) groups excluding carboxylic acids is 1. The van der Waals surface area contributed by atoms with E-state index in [0.29, 0.717) is 25.2 Å². The van der Waals surface area contributed by atoms with Crippen LogP contribution in [-0.2, 0) is 14.3 Å². The van der Waals surface area contributed by atoms with Gasteiger partial charge in [-0.15, -0.1) is 11.3 Å². The number of aliphatic hydroxyl groups is 1. The standard InChI is InChI=1S/C28H37NO4S/c1-19-14-20(2)16-26-11-6-9-25(32-26)10-7-13-28(31)33-27(12-5-8-24(30)15-19)21(3)17-23-18-34-22(4)29-23/h5-9,13,17-18,20,24-27,30H,1,10-12,14-16H2,2-4H3/b8-5+,13-7-,21-17+/t20-,24+,25-,26-,27-/m0/s1. The summed E-state index contributed by atoms with van der Waals surface area (Å²) in [5.41, 5.74) is 2.80. The van der Waals surface area contributed by atoms with Crippen molar-refractivity contribution in [2.75, 3.05) is 0 Å². The highest BCUT2D eigenvalue weighted by atomic mass is 32.1. The summed E-state index contributed by atoms with van der Waals surface area (Å²) in [6, 6.07) is 0. The predicted octanol–water partition coefficient (Wildman–Crippen LogP) is 6.11. The molecule has 3 heterocycles. The first-order valence-corrected chi connectivity index (χ1v) is 13.0. The Labute approximate surface area is 207 Å². The number of aromatic nitrogens is 1. The molecule has 0 saturated heterocycles. The fraction of sp³-hybridized carbons (Fsp3) is 0.500. The molecule has 0 fully saturated rings. The van der Waals surface area contributed by atoms with Crippen LogP contribution >= 0.6 is 11.3 Å². The highest BCUT2D eigenvalue weighted by molar-refractivity contribution is 7.09. The molecule has 0 amide bonds. The second kappa shape index (κ2) is 13.0. The normalized spacial score (nSPS) is 31.9. The Morgan fingerprint density at radius 1 is 1.21 bits per heavy atom. The quantitative estimate of drug-likeness (QED) is 0.406. The van der Waals surface area contributed by atoms with Crippen LogP contribution in [0, 0.1) is 12.8 Å². The molecule has 2 aliphatic heterocycles. The van der Waals surface area contributed by atoms with Gasteiger partial charge in [-0.2, -0.15) is 0 Å². The Morgan fingerprint density at radius 3 is 2.76 bits per heavy atom. The Morgan fingerprint density at radius 2 is 2.00 bits per heavy atom. The lowest BCUT2D eigenvalue weighted by Gasteiger charge is -2.28. The first-order valence-electron chi connectivity index (χ1n) is 12.1. The molecule has 34 heavy (non-hydrogen) atoms. The number of cyclic esters (lactones) is 1. The van der Waals surface area contributed by atoms with Crippen LogP contribution in [0.15, 0.2) is 59.6 Å². The summed E-state index contributed by atoms with van der Waals surface area (Å²) in [5.74, 6) is 0.0392. The topological polar surface area (TPSA) is 68.7 Å². The number of aryl methyl sites for hydroxylation is 1. The minimum absolute atomic E-state index is 0.0350. The minimum atomic E-state index is -0.612. The molecule has 0 saturated carbocycles. The van der Waals surface area contributed by atoms with E-state index in [1.807, 2.05) is 37.5 Å². The number of esters is 1. The van der Waals surface area contributed by atoms with Gasteiger partial charge in [0.2, 0.25) is 0 Å². The minimum Gasteiger partial charge on any atom is -0.454 e. The lowest BCUT2D eigenvalue weighted by atomic mass is 9.91. The van der Waals surface area contributed by atoms with E-state index in [0.717, 1.165) is 41.1 Å². The van der Waals surface area contributed by atoms with Gasteiger partial charge in [0.15, 0.2) is 0 Å². The van der Waals surface area contributed by atoms with E-state index >= 15 is 0 Å². The van der Waals surface area contributed by atoms with E-state index in [1.165, 1.54) is 6.08 Å². The molecule has 5 nitrogen and oxygen atoms in total. The van der Waals surface area contributed by atoms with Gasteiger partial charge in [0.05, 0.1) is 29.0 Å². The fourth-order valence-electron chi connectivity index (χ4n) is 4.42. The van der Waals surface area contributed by atoms with Crippen molar-refractivity contribution in [2.45, 2.75) is 83.7 Å². The zero-order valence-electron chi connectivity index (χ0n) is 20.5. The van der Waals surface area contributed by atoms with Crippen LogP contribution in [0.2, 0.25) is 0 Å².